The molecule has 7 heteroatoms. The van der Waals surface area contributed by atoms with Crippen LogP contribution in [-0.4, -0.2) is 30.9 Å². The van der Waals surface area contributed by atoms with Crippen LogP contribution in [0.4, 0.5) is 0 Å². The maximum absolute atomic E-state index is 12.0. The van der Waals surface area contributed by atoms with Gasteiger partial charge in [0.1, 0.15) is 5.69 Å². The van der Waals surface area contributed by atoms with E-state index >= 15 is 0 Å². The molecule has 0 spiro atoms. The van der Waals surface area contributed by atoms with Gasteiger partial charge in [-0.15, -0.1) is 0 Å². The number of hydrogen-bond acceptors (Lipinski definition) is 5. The second-order valence-electron chi connectivity index (χ2n) is 4.21. The number of hydrogen-bond donors (Lipinski definition) is 1. The fourth-order valence-electron chi connectivity index (χ4n) is 2.02. The number of aldehydes is 1. The minimum absolute atomic E-state index is 0.259. The molecule has 0 aromatic carbocycles. The first-order valence-electron chi connectivity index (χ1n) is 6.10. The molecule has 3 aromatic rings. The molecule has 3 heterocycles. The third-order valence-electron chi connectivity index (χ3n) is 3.01. The SMILES string of the molecule is CCc1cc(=O)n2[nH]c(-c3cnccn3)c(C=O)c2n1. The molecule has 0 amide bonds. The van der Waals surface area contributed by atoms with Gasteiger partial charge in [0.25, 0.3) is 5.56 Å². The van der Waals surface area contributed by atoms with E-state index < -0.39 is 0 Å². The van der Waals surface area contributed by atoms with Crippen molar-refractivity contribution in [1.29, 1.82) is 0 Å². The maximum Gasteiger partial charge on any atom is 0.272 e. The molecule has 20 heavy (non-hydrogen) atoms. The van der Waals surface area contributed by atoms with E-state index in [0.717, 1.165) is 0 Å². The first-order chi connectivity index (χ1) is 9.74. The molecule has 0 saturated carbocycles. The highest BCUT2D eigenvalue weighted by molar-refractivity contribution is 5.92. The lowest BCUT2D eigenvalue weighted by molar-refractivity contribution is 0.112. The topological polar surface area (TPSA) is 93.0 Å². The van der Waals surface area contributed by atoms with Crippen molar-refractivity contribution >= 4 is 11.9 Å². The molecule has 7 nitrogen and oxygen atoms in total. The number of aromatic nitrogens is 5. The molecule has 0 atom stereocenters. The Morgan fingerprint density at radius 2 is 2.25 bits per heavy atom. The van der Waals surface area contributed by atoms with Crippen LogP contribution in [0.3, 0.4) is 0 Å². The normalized spacial score (nSPS) is 10.8. The van der Waals surface area contributed by atoms with Gasteiger partial charge in [-0.3, -0.25) is 24.7 Å². The fraction of sp³-hybridized carbons (Fsp3) is 0.154. The zero-order chi connectivity index (χ0) is 14.1. The number of carbonyl (C=O) groups excluding carboxylic acids is 1. The lowest BCUT2D eigenvalue weighted by Gasteiger charge is -1.96. The Kier molecular flexibility index (Phi) is 2.86. The van der Waals surface area contributed by atoms with Crippen LogP contribution in [0.2, 0.25) is 0 Å². The Bertz CT molecular complexity index is 835. The van der Waals surface area contributed by atoms with Crippen molar-refractivity contribution in [3.8, 4) is 11.4 Å². The maximum atomic E-state index is 12.0. The molecule has 1 N–H and O–H groups in total. The number of H-pyrrole nitrogens is 1. The zero-order valence-corrected chi connectivity index (χ0v) is 10.7. The third kappa shape index (κ3) is 1.80. The highest BCUT2D eigenvalue weighted by atomic mass is 16.1. The fourth-order valence-corrected chi connectivity index (χ4v) is 2.02. The Balaban J connectivity index is 2.38. The summed E-state index contributed by atoms with van der Waals surface area (Å²) in [4.78, 5) is 35.8. The largest absolute Gasteiger partial charge is 0.298 e. The number of rotatable bonds is 3. The van der Waals surface area contributed by atoms with Gasteiger partial charge >= 0.3 is 0 Å². The van der Waals surface area contributed by atoms with Gasteiger partial charge in [0, 0.05) is 24.2 Å². The van der Waals surface area contributed by atoms with E-state index in [1.807, 2.05) is 6.92 Å². The highest BCUT2D eigenvalue weighted by Crippen LogP contribution is 2.20. The summed E-state index contributed by atoms with van der Waals surface area (Å²) in [5, 5.41) is 2.86. The van der Waals surface area contributed by atoms with Gasteiger partial charge in [-0.2, -0.15) is 0 Å². The molecule has 3 aromatic heterocycles. The summed E-state index contributed by atoms with van der Waals surface area (Å²) in [6, 6.07) is 1.44. The Hall–Kier alpha value is -2.83. The number of nitrogens with zero attached hydrogens (tertiary/aromatic N) is 4. The van der Waals surface area contributed by atoms with Gasteiger partial charge in [0.15, 0.2) is 11.9 Å². The minimum atomic E-state index is -0.259. The van der Waals surface area contributed by atoms with Crippen molar-refractivity contribution in [3.05, 3.63) is 46.3 Å². The van der Waals surface area contributed by atoms with Crippen LogP contribution in [0.15, 0.2) is 29.5 Å². The standard InChI is InChI=1S/C13H11N5O2/c1-2-8-5-11(20)18-13(16-8)9(7-19)12(17-18)10-6-14-3-4-15-10/h3-7,17H,2H2,1H3. The summed E-state index contributed by atoms with van der Waals surface area (Å²) < 4.78 is 1.24. The molecule has 3 rings (SSSR count). The minimum Gasteiger partial charge on any atom is -0.298 e. The molecule has 100 valence electrons. The van der Waals surface area contributed by atoms with Gasteiger partial charge < -0.3 is 0 Å². The van der Waals surface area contributed by atoms with Crippen LogP contribution < -0.4 is 5.56 Å². The van der Waals surface area contributed by atoms with Gasteiger partial charge in [0.05, 0.1) is 17.5 Å². The lowest BCUT2D eigenvalue weighted by Crippen LogP contribution is -2.15. The van der Waals surface area contributed by atoms with Crippen LogP contribution in [-0.2, 0) is 6.42 Å². The molecule has 0 aliphatic carbocycles. The van der Waals surface area contributed by atoms with E-state index in [1.165, 1.54) is 29.2 Å². The summed E-state index contributed by atoms with van der Waals surface area (Å²) in [7, 11) is 0. The van der Waals surface area contributed by atoms with E-state index in [4.69, 9.17) is 0 Å². The number of aromatic amines is 1. The molecular weight excluding hydrogens is 258 g/mol. The molecule has 0 saturated heterocycles. The lowest BCUT2D eigenvalue weighted by atomic mass is 10.2. The summed E-state index contributed by atoms with van der Waals surface area (Å²) in [5.41, 5.74) is 1.92. The second kappa shape index (κ2) is 4.69. The van der Waals surface area contributed by atoms with Gasteiger partial charge in [-0.25, -0.2) is 9.50 Å². The van der Waals surface area contributed by atoms with E-state index in [2.05, 4.69) is 20.1 Å². The van der Waals surface area contributed by atoms with Gasteiger partial charge in [-0.1, -0.05) is 6.92 Å². The second-order valence-corrected chi connectivity index (χ2v) is 4.21. The molecule has 0 bridgehead atoms. The van der Waals surface area contributed by atoms with Crippen LogP contribution in [0, 0.1) is 0 Å². The van der Waals surface area contributed by atoms with Crippen molar-refractivity contribution in [2.45, 2.75) is 13.3 Å². The van der Waals surface area contributed by atoms with Gasteiger partial charge in [-0.05, 0) is 6.42 Å². The van der Waals surface area contributed by atoms with Crippen LogP contribution in [0.5, 0.6) is 0 Å². The molecular formula is C13H11N5O2. The Morgan fingerprint density at radius 1 is 1.40 bits per heavy atom. The molecule has 0 fully saturated rings. The smallest absolute Gasteiger partial charge is 0.272 e. The predicted molar refractivity (Wildman–Crippen MR) is 71.6 cm³/mol. The molecule has 0 aliphatic heterocycles. The van der Waals surface area contributed by atoms with Crippen LogP contribution in [0.1, 0.15) is 23.0 Å². The van der Waals surface area contributed by atoms with Crippen molar-refractivity contribution in [2.24, 2.45) is 0 Å². The summed E-state index contributed by atoms with van der Waals surface area (Å²) in [6.45, 7) is 1.90. The highest BCUT2D eigenvalue weighted by Gasteiger charge is 2.16. The van der Waals surface area contributed by atoms with Gasteiger partial charge in [0.2, 0.25) is 0 Å². The summed E-state index contributed by atoms with van der Waals surface area (Å²) >= 11 is 0. The van der Waals surface area contributed by atoms with Crippen molar-refractivity contribution in [1.82, 2.24) is 24.6 Å². The molecule has 0 radical (unpaired) electrons. The van der Waals surface area contributed by atoms with E-state index in [1.54, 1.807) is 0 Å². The van der Waals surface area contributed by atoms with E-state index in [0.29, 0.717) is 41.0 Å². The first kappa shape index (κ1) is 12.2. The van der Waals surface area contributed by atoms with Crippen molar-refractivity contribution < 1.29 is 4.79 Å². The Morgan fingerprint density at radius 3 is 2.90 bits per heavy atom. The predicted octanol–water partition coefficient (Wildman–Crippen LogP) is 0.854. The van der Waals surface area contributed by atoms with Crippen molar-refractivity contribution in [2.75, 3.05) is 0 Å². The first-order valence-corrected chi connectivity index (χ1v) is 6.10. The molecule has 0 unspecified atom stereocenters. The summed E-state index contributed by atoms with van der Waals surface area (Å²) in [5.74, 6) is 0. The number of fused-ring (bicyclic) bond motifs is 1. The zero-order valence-electron chi connectivity index (χ0n) is 10.7. The third-order valence-corrected chi connectivity index (χ3v) is 3.01. The van der Waals surface area contributed by atoms with E-state index in [-0.39, 0.29) is 5.56 Å². The Labute approximate surface area is 113 Å². The monoisotopic (exact) mass is 269 g/mol. The average molecular weight is 269 g/mol. The summed E-state index contributed by atoms with van der Waals surface area (Å²) in [6.07, 6.45) is 5.86. The number of nitrogens with one attached hydrogen (secondary N) is 1. The number of carbonyl (C=O) groups is 1. The average Bonchev–Trinajstić information content (AvgIpc) is 2.87. The van der Waals surface area contributed by atoms with Crippen LogP contribution >= 0.6 is 0 Å². The van der Waals surface area contributed by atoms with E-state index in [9.17, 15) is 9.59 Å². The number of aryl methyl sites for hydroxylation is 1. The van der Waals surface area contributed by atoms with Crippen molar-refractivity contribution in [3.63, 3.8) is 0 Å². The van der Waals surface area contributed by atoms with Crippen LogP contribution in [0.25, 0.3) is 17.0 Å². The quantitative estimate of drug-likeness (QED) is 0.712. The molecule has 0 aliphatic rings.